The summed E-state index contributed by atoms with van der Waals surface area (Å²) >= 11 is 0. The second-order valence-corrected chi connectivity index (χ2v) is 6.71. The summed E-state index contributed by atoms with van der Waals surface area (Å²) in [7, 11) is 0. The van der Waals surface area contributed by atoms with Gasteiger partial charge in [-0.1, -0.05) is 76.9 Å². The van der Waals surface area contributed by atoms with Gasteiger partial charge in [0.05, 0.1) is 0 Å². The number of hydrogen-bond donors (Lipinski definition) is 1. The first kappa shape index (κ1) is 34.6. The van der Waals surface area contributed by atoms with Crippen LogP contribution in [0, 0.1) is 0 Å². The Bertz CT molecular complexity index is 316. The average Bonchev–Trinajstić information content (AvgIpc) is 2.57. The monoisotopic (exact) mass is 443 g/mol. The van der Waals surface area contributed by atoms with E-state index in [2.05, 4.69) is 19.1 Å². The number of aliphatic carboxylic acids is 2. The fourth-order valence-corrected chi connectivity index (χ4v) is 2.39. The fourth-order valence-electron chi connectivity index (χ4n) is 2.39. The summed E-state index contributed by atoms with van der Waals surface area (Å²) in [5.74, 6) is -2.17. The standard InChI is InChI=1S/C18H37N.2C2H4O2.Ni/c1-2-3-4-5-6-7-8-9-10-11-12-13-14-15-16-17-18-19;2*1-2(3)4;/h9-10H,2-8,11-19H2,1H3;2*1H3,(H,3,4);/q;;;+2/p-2/b10-9-;;;. The Morgan fingerprint density at radius 2 is 0.964 bits per heavy atom. The number of rotatable bonds is 15. The van der Waals surface area contributed by atoms with Crippen molar-refractivity contribution in [2.45, 2.75) is 111 Å². The first-order valence-electron chi connectivity index (χ1n) is 10.6. The summed E-state index contributed by atoms with van der Waals surface area (Å²) in [6.45, 7) is 5.09. The van der Waals surface area contributed by atoms with Gasteiger partial charge in [-0.25, -0.2) is 0 Å². The number of nitrogens with two attached hydrogens (primary N) is 1. The summed E-state index contributed by atoms with van der Waals surface area (Å²) in [6, 6.07) is 0. The number of carboxylic acids is 2. The second-order valence-electron chi connectivity index (χ2n) is 6.71. The molecule has 0 aromatic rings. The van der Waals surface area contributed by atoms with Gasteiger partial charge >= 0.3 is 16.5 Å². The number of carboxylic acid groups (broad SMARTS) is 2. The molecule has 0 rings (SSSR count). The van der Waals surface area contributed by atoms with E-state index in [0.717, 1.165) is 20.4 Å². The maximum absolute atomic E-state index is 8.89. The number of carbonyl (C=O) groups excluding carboxylic acids is 2. The summed E-state index contributed by atoms with van der Waals surface area (Å²) in [5.41, 5.74) is 5.47. The van der Waals surface area contributed by atoms with Gasteiger partial charge in [0.25, 0.3) is 0 Å². The molecular weight excluding hydrogens is 401 g/mol. The van der Waals surface area contributed by atoms with Gasteiger partial charge < -0.3 is 25.5 Å². The summed E-state index contributed by atoms with van der Waals surface area (Å²) in [4.78, 5) is 17.8. The van der Waals surface area contributed by atoms with Crippen LogP contribution in [0.3, 0.4) is 0 Å². The van der Waals surface area contributed by atoms with E-state index in [0.29, 0.717) is 0 Å². The van der Waals surface area contributed by atoms with Crippen molar-refractivity contribution in [3.63, 3.8) is 0 Å². The van der Waals surface area contributed by atoms with Gasteiger partial charge in [-0.2, -0.15) is 0 Å². The van der Waals surface area contributed by atoms with Crippen LogP contribution in [0.4, 0.5) is 0 Å². The van der Waals surface area contributed by atoms with Gasteiger partial charge in [0.2, 0.25) is 0 Å². The zero-order chi connectivity index (χ0) is 21.2. The molecule has 0 saturated heterocycles. The number of allylic oxidation sites excluding steroid dienone is 2. The quantitative estimate of drug-likeness (QED) is 0.237. The largest absolute Gasteiger partial charge is 2.00 e. The topological polar surface area (TPSA) is 106 Å². The van der Waals surface area contributed by atoms with Crippen molar-refractivity contribution in [1.82, 2.24) is 0 Å². The van der Waals surface area contributed by atoms with Crippen LogP contribution in [0.2, 0.25) is 0 Å². The third kappa shape index (κ3) is 63.9. The second kappa shape index (κ2) is 33.7. The molecule has 0 aromatic heterocycles. The minimum absolute atomic E-state index is 0. The maximum atomic E-state index is 8.89. The van der Waals surface area contributed by atoms with Gasteiger partial charge in [0.1, 0.15) is 0 Å². The third-order valence-electron chi connectivity index (χ3n) is 3.72. The Hall–Kier alpha value is -0.866. The van der Waals surface area contributed by atoms with Crippen molar-refractivity contribution in [2.75, 3.05) is 6.54 Å². The first-order valence-corrected chi connectivity index (χ1v) is 10.6. The molecule has 0 aliphatic heterocycles. The molecule has 28 heavy (non-hydrogen) atoms. The minimum Gasteiger partial charge on any atom is -0.550 e. The minimum atomic E-state index is -1.08. The molecule has 170 valence electrons. The number of hydrogen-bond acceptors (Lipinski definition) is 5. The van der Waals surface area contributed by atoms with Crippen LogP contribution in [0.25, 0.3) is 0 Å². The molecule has 0 bridgehead atoms. The fraction of sp³-hybridized carbons (Fsp3) is 0.818. The van der Waals surface area contributed by atoms with Crippen LogP contribution in [0.5, 0.6) is 0 Å². The van der Waals surface area contributed by atoms with E-state index in [1.165, 1.54) is 89.9 Å². The van der Waals surface area contributed by atoms with E-state index in [1.54, 1.807) is 0 Å². The van der Waals surface area contributed by atoms with E-state index in [-0.39, 0.29) is 16.5 Å². The SMILES string of the molecule is CC(=O)[O-].CC(=O)[O-].CCCCCCCC/C=C\CCCCCCCCN.[Ni+2]. The smallest absolute Gasteiger partial charge is 0.550 e. The Morgan fingerprint density at radius 3 is 1.29 bits per heavy atom. The van der Waals surface area contributed by atoms with Crippen molar-refractivity contribution >= 4 is 11.9 Å². The van der Waals surface area contributed by atoms with Crippen LogP contribution in [0.15, 0.2) is 12.2 Å². The zero-order valence-electron chi connectivity index (χ0n) is 18.3. The Balaban J connectivity index is -0.000000270. The molecule has 0 atom stereocenters. The van der Waals surface area contributed by atoms with E-state index in [1.807, 2.05) is 0 Å². The Labute approximate surface area is 183 Å². The molecule has 0 amide bonds. The van der Waals surface area contributed by atoms with Crippen molar-refractivity contribution in [3.05, 3.63) is 12.2 Å². The molecular formula is C22H43NNiO4. The molecule has 0 aliphatic rings. The number of unbranched alkanes of at least 4 members (excludes halogenated alkanes) is 12. The van der Waals surface area contributed by atoms with Crippen LogP contribution in [-0.4, -0.2) is 18.5 Å². The predicted molar refractivity (Wildman–Crippen MR) is 110 cm³/mol. The Morgan fingerprint density at radius 1 is 0.679 bits per heavy atom. The van der Waals surface area contributed by atoms with E-state index in [9.17, 15) is 0 Å². The van der Waals surface area contributed by atoms with E-state index < -0.39 is 11.9 Å². The normalized spacial score (nSPS) is 9.57. The molecule has 0 heterocycles. The van der Waals surface area contributed by atoms with Crippen molar-refractivity contribution in [3.8, 4) is 0 Å². The van der Waals surface area contributed by atoms with Crippen LogP contribution in [0.1, 0.15) is 111 Å². The van der Waals surface area contributed by atoms with Crippen molar-refractivity contribution in [2.24, 2.45) is 5.73 Å². The predicted octanol–water partition coefficient (Wildman–Crippen LogP) is 3.49. The van der Waals surface area contributed by atoms with Gasteiger partial charge in [0, 0.05) is 11.9 Å². The molecule has 0 unspecified atom stereocenters. The van der Waals surface area contributed by atoms with Crippen LogP contribution < -0.4 is 15.9 Å². The van der Waals surface area contributed by atoms with Gasteiger partial charge in [-0.05, 0) is 52.5 Å². The van der Waals surface area contributed by atoms with Crippen LogP contribution in [-0.2, 0) is 26.1 Å². The van der Waals surface area contributed by atoms with E-state index in [4.69, 9.17) is 25.5 Å². The van der Waals surface area contributed by atoms with E-state index >= 15 is 0 Å². The third-order valence-corrected chi connectivity index (χ3v) is 3.72. The summed E-state index contributed by atoms with van der Waals surface area (Å²) in [5, 5.41) is 17.8. The molecule has 0 saturated carbocycles. The molecule has 0 radical (unpaired) electrons. The van der Waals surface area contributed by atoms with Gasteiger partial charge in [-0.3, -0.25) is 0 Å². The maximum Gasteiger partial charge on any atom is 2.00 e. The van der Waals surface area contributed by atoms with Crippen molar-refractivity contribution < 1.29 is 36.3 Å². The molecule has 0 fully saturated rings. The van der Waals surface area contributed by atoms with Gasteiger partial charge in [-0.15, -0.1) is 0 Å². The molecule has 0 aliphatic carbocycles. The zero-order valence-corrected chi connectivity index (χ0v) is 19.3. The first-order chi connectivity index (χ1) is 12.9. The molecule has 2 N–H and O–H groups in total. The average molecular weight is 444 g/mol. The van der Waals surface area contributed by atoms with Crippen LogP contribution >= 0.6 is 0 Å². The van der Waals surface area contributed by atoms with Crippen molar-refractivity contribution in [1.29, 1.82) is 0 Å². The summed E-state index contributed by atoms with van der Waals surface area (Å²) < 4.78 is 0. The summed E-state index contributed by atoms with van der Waals surface area (Å²) in [6.07, 6.45) is 23.9. The Kier molecular flexibility index (Phi) is 41.7. The number of carbonyl (C=O) groups is 2. The molecule has 0 spiro atoms. The molecule has 6 heteroatoms. The molecule has 5 nitrogen and oxygen atoms in total. The molecule has 0 aromatic carbocycles. The van der Waals surface area contributed by atoms with Gasteiger partial charge in [0.15, 0.2) is 0 Å².